The normalized spacial score (nSPS) is 10.5. The van der Waals surface area contributed by atoms with Gasteiger partial charge in [0, 0.05) is 16.6 Å². The number of rotatable bonds is 2. The van der Waals surface area contributed by atoms with Gasteiger partial charge in [-0.2, -0.15) is 0 Å². The molecule has 0 aliphatic rings. The van der Waals surface area contributed by atoms with Crippen molar-refractivity contribution in [3.8, 4) is 11.5 Å². The van der Waals surface area contributed by atoms with Crippen LogP contribution in [-0.2, 0) is 0 Å². The lowest BCUT2D eigenvalue weighted by Gasteiger charge is -2.06. The van der Waals surface area contributed by atoms with Crippen LogP contribution in [0.4, 0.5) is 0 Å². The first-order valence-corrected chi connectivity index (χ1v) is 5.82. The Hall–Kier alpha value is -2.13. The van der Waals surface area contributed by atoms with Gasteiger partial charge >= 0.3 is 0 Å². The Morgan fingerprint density at radius 3 is 2.56 bits per heavy atom. The lowest BCUT2D eigenvalue weighted by atomic mass is 10.2. The van der Waals surface area contributed by atoms with Crippen molar-refractivity contribution in [3.05, 3.63) is 60.0 Å². The molecule has 0 amide bonds. The van der Waals surface area contributed by atoms with Gasteiger partial charge in [0.2, 0.25) is 0 Å². The first kappa shape index (κ1) is 11.0. The van der Waals surface area contributed by atoms with Crippen molar-refractivity contribution in [2.24, 2.45) is 0 Å². The first-order valence-electron chi connectivity index (χ1n) is 5.44. The summed E-state index contributed by atoms with van der Waals surface area (Å²) in [5.41, 5.74) is 0.897. The highest BCUT2D eigenvalue weighted by molar-refractivity contribution is 6.30. The Morgan fingerprint density at radius 1 is 0.944 bits per heavy atom. The molecule has 4 heteroatoms. The van der Waals surface area contributed by atoms with Crippen LogP contribution in [0.5, 0.6) is 11.5 Å². The molecular weight excluding hydrogens is 248 g/mol. The molecule has 0 saturated heterocycles. The minimum Gasteiger partial charge on any atom is -0.457 e. The standard InChI is InChI=1S/C14H9ClN2O/c15-11-1-3-12(4-2-11)18-13-5-6-14-10(7-13)8-16-9-17-14/h1-9H. The molecule has 0 aliphatic heterocycles. The molecule has 0 N–H and O–H groups in total. The van der Waals surface area contributed by atoms with Crippen LogP contribution in [0.2, 0.25) is 5.02 Å². The van der Waals surface area contributed by atoms with Gasteiger partial charge in [0.15, 0.2) is 0 Å². The summed E-state index contributed by atoms with van der Waals surface area (Å²) in [5.74, 6) is 1.50. The number of ether oxygens (including phenoxy) is 1. The van der Waals surface area contributed by atoms with Crippen LogP contribution in [0.25, 0.3) is 10.9 Å². The zero-order chi connectivity index (χ0) is 12.4. The van der Waals surface area contributed by atoms with Crippen molar-refractivity contribution in [1.29, 1.82) is 0 Å². The molecule has 0 radical (unpaired) electrons. The summed E-state index contributed by atoms with van der Waals surface area (Å²) in [6.07, 6.45) is 3.29. The lowest BCUT2D eigenvalue weighted by molar-refractivity contribution is 0.483. The molecule has 88 valence electrons. The van der Waals surface area contributed by atoms with E-state index < -0.39 is 0 Å². The molecule has 3 aromatic rings. The summed E-state index contributed by atoms with van der Waals surface area (Å²) in [6.45, 7) is 0. The molecule has 0 atom stereocenters. The van der Waals surface area contributed by atoms with Crippen molar-refractivity contribution in [2.45, 2.75) is 0 Å². The molecule has 3 rings (SSSR count). The molecule has 0 fully saturated rings. The third-order valence-electron chi connectivity index (χ3n) is 2.53. The van der Waals surface area contributed by atoms with Crippen LogP contribution in [0.3, 0.4) is 0 Å². The summed E-state index contributed by atoms with van der Waals surface area (Å²) in [7, 11) is 0. The van der Waals surface area contributed by atoms with E-state index in [1.165, 1.54) is 6.33 Å². The molecule has 1 heterocycles. The van der Waals surface area contributed by atoms with Gasteiger partial charge in [-0.1, -0.05) is 11.6 Å². The van der Waals surface area contributed by atoms with Gasteiger partial charge < -0.3 is 4.74 Å². The van der Waals surface area contributed by atoms with Crippen molar-refractivity contribution < 1.29 is 4.74 Å². The van der Waals surface area contributed by atoms with Gasteiger partial charge in [0.25, 0.3) is 0 Å². The molecule has 1 aromatic heterocycles. The molecule has 18 heavy (non-hydrogen) atoms. The maximum Gasteiger partial charge on any atom is 0.128 e. The molecule has 3 nitrogen and oxygen atoms in total. The highest BCUT2D eigenvalue weighted by Gasteiger charge is 2.00. The van der Waals surface area contributed by atoms with Gasteiger partial charge in [-0.15, -0.1) is 0 Å². The second-order valence-corrected chi connectivity index (χ2v) is 4.24. The fraction of sp³-hybridized carbons (Fsp3) is 0. The fourth-order valence-electron chi connectivity index (χ4n) is 1.66. The van der Waals surface area contributed by atoms with Crippen LogP contribution in [0.15, 0.2) is 55.0 Å². The quantitative estimate of drug-likeness (QED) is 0.693. The third kappa shape index (κ3) is 2.26. The average molecular weight is 257 g/mol. The SMILES string of the molecule is Clc1ccc(Oc2ccc3ncncc3c2)cc1. The predicted octanol–water partition coefficient (Wildman–Crippen LogP) is 4.08. The number of aromatic nitrogens is 2. The summed E-state index contributed by atoms with van der Waals surface area (Å²) in [6, 6.07) is 12.9. The van der Waals surface area contributed by atoms with Gasteiger partial charge in [0.05, 0.1) is 5.52 Å². The fourth-order valence-corrected chi connectivity index (χ4v) is 1.79. The molecule has 0 bridgehead atoms. The lowest BCUT2D eigenvalue weighted by Crippen LogP contribution is -1.85. The monoisotopic (exact) mass is 256 g/mol. The van der Waals surface area contributed by atoms with Crippen molar-refractivity contribution >= 4 is 22.5 Å². The number of halogens is 1. The van der Waals surface area contributed by atoms with Gasteiger partial charge in [-0.3, -0.25) is 0 Å². The molecule has 0 saturated carbocycles. The minimum atomic E-state index is 0.689. The topological polar surface area (TPSA) is 35.0 Å². The van der Waals surface area contributed by atoms with Gasteiger partial charge in [-0.05, 0) is 42.5 Å². The minimum absolute atomic E-state index is 0.689. The second kappa shape index (κ2) is 4.63. The Balaban J connectivity index is 1.92. The largest absolute Gasteiger partial charge is 0.457 e. The van der Waals surface area contributed by atoms with Crippen LogP contribution >= 0.6 is 11.6 Å². The van der Waals surface area contributed by atoms with E-state index in [1.54, 1.807) is 18.3 Å². The van der Waals surface area contributed by atoms with E-state index >= 15 is 0 Å². The summed E-state index contributed by atoms with van der Waals surface area (Å²) >= 11 is 5.82. The highest BCUT2D eigenvalue weighted by atomic mass is 35.5. The number of fused-ring (bicyclic) bond motifs is 1. The van der Waals surface area contributed by atoms with Crippen molar-refractivity contribution in [3.63, 3.8) is 0 Å². The average Bonchev–Trinajstić information content (AvgIpc) is 2.41. The van der Waals surface area contributed by atoms with Gasteiger partial charge in [-0.25, -0.2) is 9.97 Å². The Bertz CT molecular complexity index is 683. The highest BCUT2D eigenvalue weighted by Crippen LogP contribution is 2.25. The van der Waals surface area contributed by atoms with Crippen molar-refractivity contribution in [1.82, 2.24) is 9.97 Å². The van der Waals surface area contributed by atoms with Crippen LogP contribution in [0.1, 0.15) is 0 Å². The van der Waals surface area contributed by atoms with Crippen molar-refractivity contribution in [2.75, 3.05) is 0 Å². The van der Waals surface area contributed by atoms with Crippen LogP contribution < -0.4 is 4.74 Å². The summed E-state index contributed by atoms with van der Waals surface area (Å²) in [5, 5.41) is 1.64. The van der Waals surface area contributed by atoms with Crippen LogP contribution in [-0.4, -0.2) is 9.97 Å². The maximum absolute atomic E-state index is 5.82. The van der Waals surface area contributed by atoms with E-state index in [-0.39, 0.29) is 0 Å². The Morgan fingerprint density at radius 2 is 1.72 bits per heavy atom. The van der Waals surface area contributed by atoms with E-state index in [0.29, 0.717) is 5.02 Å². The zero-order valence-electron chi connectivity index (χ0n) is 9.38. The van der Waals surface area contributed by atoms with E-state index in [2.05, 4.69) is 9.97 Å². The number of hydrogen-bond acceptors (Lipinski definition) is 3. The number of nitrogens with zero attached hydrogens (tertiary/aromatic N) is 2. The van der Waals surface area contributed by atoms with E-state index in [9.17, 15) is 0 Å². The van der Waals surface area contributed by atoms with E-state index in [0.717, 1.165) is 22.4 Å². The predicted molar refractivity (Wildman–Crippen MR) is 71.1 cm³/mol. The zero-order valence-corrected chi connectivity index (χ0v) is 10.1. The van der Waals surface area contributed by atoms with Crippen LogP contribution in [0, 0.1) is 0 Å². The number of benzene rings is 2. The number of hydrogen-bond donors (Lipinski definition) is 0. The third-order valence-corrected chi connectivity index (χ3v) is 2.78. The van der Waals surface area contributed by atoms with E-state index in [1.807, 2.05) is 30.3 Å². The Kier molecular flexibility index (Phi) is 2.82. The first-order chi connectivity index (χ1) is 8.81. The summed E-state index contributed by atoms with van der Waals surface area (Å²) in [4.78, 5) is 8.15. The smallest absolute Gasteiger partial charge is 0.128 e. The maximum atomic E-state index is 5.82. The van der Waals surface area contributed by atoms with E-state index in [4.69, 9.17) is 16.3 Å². The molecule has 2 aromatic carbocycles. The Labute approximate surface area is 109 Å². The van der Waals surface area contributed by atoms with Gasteiger partial charge in [0.1, 0.15) is 17.8 Å². The molecule has 0 spiro atoms. The molecule has 0 aliphatic carbocycles. The molecule has 0 unspecified atom stereocenters. The summed E-state index contributed by atoms with van der Waals surface area (Å²) < 4.78 is 5.73. The second-order valence-electron chi connectivity index (χ2n) is 3.80. The molecular formula is C14H9ClN2O.